The second-order valence-electron chi connectivity index (χ2n) is 5.62. The number of aromatic nitrogens is 1. The molecular formula is C16H19N3O6. The molecule has 2 N–H and O–H groups in total. The number of carbonyl (C=O) groups excluding carboxylic acids is 4. The lowest BCUT2D eigenvalue weighted by Crippen LogP contribution is -2.34. The van der Waals surface area contributed by atoms with E-state index in [1.807, 2.05) is 0 Å². The van der Waals surface area contributed by atoms with Gasteiger partial charge in [0.05, 0.1) is 18.4 Å². The largest absolute Gasteiger partial charge is 0.465 e. The van der Waals surface area contributed by atoms with Crippen molar-refractivity contribution in [3.63, 3.8) is 0 Å². The number of ether oxygens (including phenoxy) is 2. The minimum Gasteiger partial charge on any atom is -0.465 e. The van der Waals surface area contributed by atoms with Crippen molar-refractivity contribution in [3.8, 4) is 0 Å². The Hall–Kier alpha value is -2.97. The van der Waals surface area contributed by atoms with Crippen molar-refractivity contribution in [1.82, 2.24) is 10.4 Å². The zero-order valence-electron chi connectivity index (χ0n) is 14.4. The highest BCUT2D eigenvalue weighted by Crippen LogP contribution is 2.21. The number of hydrazone groups is 1. The van der Waals surface area contributed by atoms with Crippen LogP contribution in [0.25, 0.3) is 0 Å². The minimum atomic E-state index is -1.09. The number of aromatic amines is 1. The maximum Gasteiger partial charge on any atom is 0.355 e. The molecule has 0 unspecified atom stereocenters. The van der Waals surface area contributed by atoms with E-state index in [1.165, 1.54) is 14.0 Å². The Morgan fingerprint density at radius 2 is 1.84 bits per heavy atom. The predicted octanol–water partition coefficient (Wildman–Crippen LogP) is 0.799. The van der Waals surface area contributed by atoms with Gasteiger partial charge in [0.2, 0.25) is 11.7 Å². The molecule has 1 aromatic rings. The maximum absolute atomic E-state index is 12.5. The van der Waals surface area contributed by atoms with E-state index in [0.717, 1.165) is 0 Å². The van der Waals surface area contributed by atoms with Gasteiger partial charge in [-0.15, -0.1) is 0 Å². The van der Waals surface area contributed by atoms with Gasteiger partial charge in [-0.3, -0.25) is 9.59 Å². The Balaban J connectivity index is 2.14. The predicted molar refractivity (Wildman–Crippen MR) is 86.3 cm³/mol. The Morgan fingerprint density at radius 1 is 1.16 bits per heavy atom. The fourth-order valence-corrected chi connectivity index (χ4v) is 2.51. The molecule has 0 saturated heterocycles. The van der Waals surface area contributed by atoms with Gasteiger partial charge < -0.3 is 14.5 Å². The van der Waals surface area contributed by atoms with E-state index in [-0.39, 0.29) is 35.7 Å². The second-order valence-corrected chi connectivity index (χ2v) is 5.62. The fraction of sp³-hybridized carbons (Fsp3) is 0.438. The molecule has 2 rings (SSSR count). The minimum absolute atomic E-state index is 0.0499. The van der Waals surface area contributed by atoms with Crippen molar-refractivity contribution in [2.24, 2.45) is 5.10 Å². The zero-order valence-corrected chi connectivity index (χ0v) is 14.4. The number of hydrogen-bond acceptors (Lipinski definition) is 7. The van der Waals surface area contributed by atoms with E-state index in [4.69, 9.17) is 9.47 Å². The molecule has 1 aromatic heterocycles. The number of carbonyl (C=O) groups is 4. The van der Waals surface area contributed by atoms with E-state index in [1.54, 1.807) is 13.8 Å². The number of nitrogens with zero attached hydrogens (tertiary/aromatic N) is 1. The molecule has 1 aliphatic rings. The molecule has 0 aromatic carbocycles. The first-order valence-corrected chi connectivity index (χ1v) is 7.64. The summed E-state index contributed by atoms with van der Waals surface area (Å²) in [5.74, 6) is -2.09. The Labute approximate surface area is 143 Å². The highest BCUT2D eigenvalue weighted by atomic mass is 16.5. The average Bonchev–Trinajstić information content (AvgIpc) is 2.88. The monoisotopic (exact) mass is 349 g/mol. The summed E-state index contributed by atoms with van der Waals surface area (Å²) in [6.45, 7) is 4.68. The van der Waals surface area contributed by atoms with Gasteiger partial charge in [-0.2, -0.15) is 5.10 Å². The van der Waals surface area contributed by atoms with Crippen LogP contribution in [0.15, 0.2) is 5.10 Å². The van der Waals surface area contributed by atoms with Crippen LogP contribution in [0, 0.1) is 13.8 Å². The van der Waals surface area contributed by atoms with Gasteiger partial charge in [0.25, 0.3) is 0 Å². The SMILES string of the molecule is COC(=O)c1c(C)[nH]c(C(=O)[C@H](C)OC(=O)C2=NNC(=O)CC2)c1C. The van der Waals surface area contributed by atoms with Gasteiger partial charge in [-0.1, -0.05) is 0 Å². The molecule has 0 fully saturated rings. The molecule has 1 aliphatic heterocycles. The highest BCUT2D eigenvalue weighted by Gasteiger charge is 2.29. The number of aryl methyl sites for hydroxylation is 1. The van der Waals surface area contributed by atoms with Gasteiger partial charge in [-0.25, -0.2) is 15.0 Å². The number of ketones is 1. The van der Waals surface area contributed by atoms with Gasteiger partial charge in [0.15, 0.2) is 6.10 Å². The lowest BCUT2D eigenvalue weighted by Gasteiger charge is -2.15. The van der Waals surface area contributed by atoms with Crippen LogP contribution in [0.1, 0.15) is 51.9 Å². The number of esters is 2. The van der Waals surface area contributed by atoms with Crippen LogP contribution in [0.4, 0.5) is 0 Å². The van der Waals surface area contributed by atoms with Gasteiger partial charge in [-0.05, 0) is 26.3 Å². The standard InChI is InChI=1S/C16H19N3O6/c1-7-12(16(23)24-4)8(2)17-13(7)14(21)9(3)25-15(22)10-5-6-11(20)19-18-10/h9,17H,5-6H2,1-4H3,(H,19,20)/t9-/m0/s1. The summed E-state index contributed by atoms with van der Waals surface area (Å²) in [5, 5.41) is 3.63. The van der Waals surface area contributed by atoms with Crippen molar-refractivity contribution < 1.29 is 28.7 Å². The smallest absolute Gasteiger partial charge is 0.355 e. The number of hydrogen-bond donors (Lipinski definition) is 2. The molecule has 9 heteroatoms. The van der Waals surface area contributed by atoms with Crippen molar-refractivity contribution in [3.05, 3.63) is 22.5 Å². The second kappa shape index (κ2) is 7.29. The number of H-pyrrole nitrogens is 1. The van der Waals surface area contributed by atoms with Crippen molar-refractivity contribution >= 4 is 29.3 Å². The first-order chi connectivity index (χ1) is 11.8. The van der Waals surface area contributed by atoms with E-state index in [9.17, 15) is 19.2 Å². The summed E-state index contributed by atoms with van der Waals surface area (Å²) >= 11 is 0. The maximum atomic E-state index is 12.5. The van der Waals surface area contributed by atoms with E-state index < -0.39 is 23.8 Å². The topological polar surface area (TPSA) is 127 Å². The lowest BCUT2D eigenvalue weighted by molar-refractivity contribution is -0.138. The summed E-state index contributed by atoms with van der Waals surface area (Å²) in [7, 11) is 1.25. The normalized spacial score (nSPS) is 15.0. The molecule has 0 radical (unpaired) electrons. The third-order valence-corrected chi connectivity index (χ3v) is 3.87. The van der Waals surface area contributed by atoms with E-state index in [0.29, 0.717) is 11.3 Å². The quantitative estimate of drug-likeness (QED) is 0.598. The molecule has 1 atom stereocenters. The Morgan fingerprint density at radius 3 is 2.40 bits per heavy atom. The van der Waals surface area contributed by atoms with Crippen LogP contribution in [-0.2, 0) is 19.1 Å². The van der Waals surface area contributed by atoms with Crippen molar-refractivity contribution in [2.45, 2.75) is 39.7 Å². The van der Waals surface area contributed by atoms with Crippen LogP contribution in [-0.4, -0.2) is 47.5 Å². The summed E-state index contributed by atoms with van der Waals surface area (Å²) in [4.78, 5) is 50.2. The van der Waals surface area contributed by atoms with E-state index >= 15 is 0 Å². The number of amides is 1. The van der Waals surface area contributed by atoms with Crippen LogP contribution >= 0.6 is 0 Å². The van der Waals surface area contributed by atoms with Gasteiger partial charge in [0, 0.05) is 18.5 Å². The number of nitrogens with one attached hydrogen (secondary N) is 2. The molecule has 2 heterocycles. The van der Waals surface area contributed by atoms with Crippen molar-refractivity contribution in [1.29, 1.82) is 0 Å². The summed E-state index contributed by atoms with van der Waals surface area (Å²) in [6, 6.07) is 0. The summed E-state index contributed by atoms with van der Waals surface area (Å²) in [5.41, 5.74) is 3.62. The van der Waals surface area contributed by atoms with Crippen LogP contribution in [0.3, 0.4) is 0 Å². The molecule has 0 aliphatic carbocycles. The number of methoxy groups -OCH3 is 1. The number of Topliss-reactive ketones (excluding diaryl/α,β-unsaturated/α-hetero) is 1. The fourth-order valence-electron chi connectivity index (χ4n) is 2.51. The first kappa shape index (κ1) is 18.4. The van der Waals surface area contributed by atoms with Crippen LogP contribution < -0.4 is 5.43 Å². The molecule has 0 bridgehead atoms. The Kier molecular flexibility index (Phi) is 5.35. The molecular weight excluding hydrogens is 330 g/mol. The lowest BCUT2D eigenvalue weighted by atomic mass is 10.1. The molecule has 134 valence electrons. The third-order valence-electron chi connectivity index (χ3n) is 3.87. The molecule has 25 heavy (non-hydrogen) atoms. The molecule has 9 nitrogen and oxygen atoms in total. The first-order valence-electron chi connectivity index (χ1n) is 7.64. The van der Waals surface area contributed by atoms with Crippen molar-refractivity contribution in [2.75, 3.05) is 7.11 Å². The van der Waals surface area contributed by atoms with E-state index in [2.05, 4.69) is 15.5 Å². The summed E-state index contributed by atoms with van der Waals surface area (Å²) in [6.07, 6.45) is -0.804. The summed E-state index contributed by atoms with van der Waals surface area (Å²) < 4.78 is 9.82. The van der Waals surface area contributed by atoms with Gasteiger partial charge >= 0.3 is 11.9 Å². The third kappa shape index (κ3) is 3.76. The Bertz CT molecular complexity index is 777. The number of rotatable bonds is 5. The molecule has 1 amide bonds. The zero-order chi connectivity index (χ0) is 18.7. The molecule has 0 spiro atoms. The van der Waals surface area contributed by atoms with Crippen LogP contribution in [0.5, 0.6) is 0 Å². The average molecular weight is 349 g/mol. The highest BCUT2D eigenvalue weighted by molar-refractivity contribution is 6.37. The molecule has 0 saturated carbocycles. The van der Waals surface area contributed by atoms with Crippen LogP contribution in [0.2, 0.25) is 0 Å². The van der Waals surface area contributed by atoms with Gasteiger partial charge in [0.1, 0.15) is 5.71 Å².